The van der Waals surface area contributed by atoms with E-state index in [1.807, 2.05) is 17.0 Å². The lowest BCUT2D eigenvalue weighted by Gasteiger charge is -2.18. The number of pyridine rings is 1. The minimum absolute atomic E-state index is 0.0849. The van der Waals surface area contributed by atoms with Crippen molar-refractivity contribution in [2.45, 2.75) is 19.3 Å². The summed E-state index contributed by atoms with van der Waals surface area (Å²) in [5, 5.41) is 3.20. The predicted molar refractivity (Wildman–Crippen MR) is 115 cm³/mol. The molecule has 1 aromatic carbocycles. The Balaban J connectivity index is 1.25. The normalized spacial score (nSPS) is 22.1. The fourth-order valence-corrected chi connectivity index (χ4v) is 4.54. The van der Waals surface area contributed by atoms with Gasteiger partial charge in [0.2, 0.25) is 0 Å². The minimum atomic E-state index is -0.0849. The number of anilines is 1. The molecule has 0 radical (unpaired) electrons. The average molecular weight is 381 g/mol. The Kier molecular flexibility index (Phi) is 4.44. The predicted octanol–water partition coefficient (Wildman–Crippen LogP) is 3.87. The van der Waals surface area contributed by atoms with Crippen LogP contribution in [0.4, 0.5) is 5.82 Å². The van der Waals surface area contributed by atoms with Crippen LogP contribution < -0.4 is 5.32 Å². The van der Waals surface area contributed by atoms with Gasteiger partial charge in [0, 0.05) is 36.5 Å². The highest BCUT2D eigenvalue weighted by molar-refractivity contribution is 5.94. The van der Waals surface area contributed by atoms with Crippen LogP contribution in [0.2, 0.25) is 0 Å². The molecule has 3 aliphatic rings. The van der Waals surface area contributed by atoms with E-state index in [9.17, 15) is 4.79 Å². The molecule has 4 nitrogen and oxygen atoms in total. The zero-order chi connectivity index (χ0) is 19.8. The van der Waals surface area contributed by atoms with Crippen molar-refractivity contribution in [3.05, 3.63) is 77.6 Å². The van der Waals surface area contributed by atoms with Crippen molar-refractivity contribution >= 4 is 17.3 Å². The quantitative estimate of drug-likeness (QED) is 0.763. The van der Waals surface area contributed by atoms with Crippen molar-refractivity contribution in [1.82, 2.24) is 9.88 Å². The number of likely N-dealkylation sites (tertiary alicyclic amines) is 1. The molecule has 1 amide bonds. The van der Waals surface area contributed by atoms with E-state index in [4.69, 9.17) is 0 Å². The number of aryl methyl sites for hydroxylation is 1. The molecular formula is C25H23N3O. The molecule has 2 atom stereocenters. The Morgan fingerprint density at radius 2 is 2.07 bits per heavy atom. The molecular weight excluding hydrogens is 358 g/mol. The third kappa shape index (κ3) is 3.56. The topological polar surface area (TPSA) is 45.2 Å². The van der Waals surface area contributed by atoms with Gasteiger partial charge in [0.25, 0.3) is 5.91 Å². The van der Waals surface area contributed by atoms with E-state index in [0.29, 0.717) is 11.8 Å². The summed E-state index contributed by atoms with van der Waals surface area (Å²) < 4.78 is 0. The second-order valence-corrected chi connectivity index (χ2v) is 8.11. The first kappa shape index (κ1) is 17.8. The van der Waals surface area contributed by atoms with Crippen LogP contribution in [0.3, 0.4) is 0 Å². The SMILES string of the molecule is C=C1CCc2cc(C#CC(=O)N3CC4C=C(c5ccccc5)CC4C3)cnc2N1. The molecule has 29 heavy (non-hydrogen) atoms. The monoisotopic (exact) mass is 381 g/mol. The van der Waals surface area contributed by atoms with Gasteiger partial charge in [-0.15, -0.1) is 0 Å². The molecule has 5 rings (SSSR count). The van der Waals surface area contributed by atoms with Crippen molar-refractivity contribution in [2.24, 2.45) is 11.8 Å². The van der Waals surface area contributed by atoms with Gasteiger partial charge in [-0.2, -0.15) is 0 Å². The number of amides is 1. The molecule has 4 heteroatoms. The van der Waals surface area contributed by atoms with Gasteiger partial charge in [-0.05, 0) is 53.9 Å². The average Bonchev–Trinajstić information content (AvgIpc) is 3.32. The highest BCUT2D eigenvalue weighted by atomic mass is 16.2. The molecule has 0 bridgehead atoms. The van der Waals surface area contributed by atoms with Crippen LogP contribution in [0, 0.1) is 23.7 Å². The van der Waals surface area contributed by atoms with Gasteiger partial charge in [0.15, 0.2) is 0 Å². The van der Waals surface area contributed by atoms with Gasteiger partial charge in [-0.3, -0.25) is 4.79 Å². The van der Waals surface area contributed by atoms with Crippen molar-refractivity contribution in [1.29, 1.82) is 0 Å². The van der Waals surface area contributed by atoms with Crippen LogP contribution in [0.25, 0.3) is 5.57 Å². The molecule has 1 N–H and O–H groups in total. The Morgan fingerprint density at radius 3 is 2.90 bits per heavy atom. The van der Waals surface area contributed by atoms with E-state index in [0.717, 1.165) is 55.0 Å². The maximum absolute atomic E-state index is 12.6. The van der Waals surface area contributed by atoms with Gasteiger partial charge in [-0.25, -0.2) is 4.98 Å². The molecule has 0 spiro atoms. The fourth-order valence-electron chi connectivity index (χ4n) is 4.54. The molecule has 2 aromatic rings. The van der Waals surface area contributed by atoms with Crippen LogP contribution in [0.15, 0.2) is 60.9 Å². The van der Waals surface area contributed by atoms with E-state index >= 15 is 0 Å². The van der Waals surface area contributed by atoms with Gasteiger partial charge in [-0.1, -0.05) is 48.9 Å². The Bertz CT molecular complexity index is 1070. The summed E-state index contributed by atoms with van der Waals surface area (Å²) in [7, 11) is 0. The van der Waals surface area contributed by atoms with Gasteiger partial charge in [0.05, 0.1) is 0 Å². The van der Waals surface area contributed by atoms with E-state index in [1.54, 1.807) is 6.20 Å². The number of allylic oxidation sites excluding steroid dienone is 2. The van der Waals surface area contributed by atoms with Crippen molar-refractivity contribution < 1.29 is 4.79 Å². The molecule has 1 fully saturated rings. The molecule has 3 heterocycles. The van der Waals surface area contributed by atoms with Crippen LogP contribution >= 0.6 is 0 Å². The molecule has 0 saturated carbocycles. The summed E-state index contributed by atoms with van der Waals surface area (Å²) in [6, 6.07) is 12.6. The maximum atomic E-state index is 12.6. The number of rotatable bonds is 1. The number of nitrogens with zero attached hydrogens (tertiary/aromatic N) is 2. The molecule has 2 aliphatic heterocycles. The number of hydrogen-bond donors (Lipinski definition) is 1. The van der Waals surface area contributed by atoms with Crippen molar-refractivity contribution in [2.75, 3.05) is 18.4 Å². The summed E-state index contributed by atoms with van der Waals surface area (Å²) >= 11 is 0. The number of nitrogens with one attached hydrogen (secondary N) is 1. The Hall–Kier alpha value is -3.32. The largest absolute Gasteiger partial charge is 0.344 e. The zero-order valence-electron chi connectivity index (χ0n) is 16.3. The van der Waals surface area contributed by atoms with Gasteiger partial charge < -0.3 is 10.2 Å². The summed E-state index contributed by atoms with van der Waals surface area (Å²) in [5.41, 5.74) is 5.62. The van der Waals surface area contributed by atoms with Crippen LogP contribution in [0.1, 0.15) is 29.5 Å². The number of benzene rings is 1. The summed E-state index contributed by atoms with van der Waals surface area (Å²) in [5.74, 6) is 7.57. The minimum Gasteiger partial charge on any atom is -0.344 e. The number of carbonyl (C=O) groups is 1. The third-order valence-corrected chi connectivity index (χ3v) is 6.09. The third-order valence-electron chi connectivity index (χ3n) is 6.09. The van der Waals surface area contributed by atoms with Gasteiger partial charge in [0.1, 0.15) is 5.82 Å². The summed E-state index contributed by atoms with van der Waals surface area (Å²) in [6.07, 6.45) is 6.93. The number of carbonyl (C=O) groups excluding carboxylic acids is 1. The first-order valence-electron chi connectivity index (χ1n) is 10.2. The molecule has 1 aliphatic carbocycles. The smallest absolute Gasteiger partial charge is 0.298 e. The maximum Gasteiger partial charge on any atom is 0.298 e. The second kappa shape index (κ2) is 7.25. The lowest BCUT2D eigenvalue weighted by molar-refractivity contribution is -0.124. The summed E-state index contributed by atoms with van der Waals surface area (Å²) in [6.45, 7) is 5.51. The Morgan fingerprint density at radius 1 is 1.21 bits per heavy atom. The van der Waals surface area contributed by atoms with Crippen LogP contribution in [-0.2, 0) is 11.2 Å². The van der Waals surface area contributed by atoms with Crippen LogP contribution in [-0.4, -0.2) is 28.9 Å². The molecule has 144 valence electrons. The van der Waals surface area contributed by atoms with Crippen molar-refractivity contribution in [3.8, 4) is 11.8 Å². The Labute approximate surface area is 171 Å². The zero-order valence-corrected chi connectivity index (χ0v) is 16.3. The van der Waals surface area contributed by atoms with Gasteiger partial charge >= 0.3 is 0 Å². The first-order chi connectivity index (χ1) is 14.2. The van der Waals surface area contributed by atoms with Crippen molar-refractivity contribution in [3.63, 3.8) is 0 Å². The highest BCUT2D eigenvalue weighted by Crippen LogP contribution is 2.40. The molecule has 2 unspecified atom stereocenters. The van der Waals surface area contributed by atoms with E-state index in [-0.39, 0.29) is 5.91 Å². The second-order valence-electron chi connectivity index (χ2n) is 8.11. The molecule has 1 aromatic heterocycles. The van der Waals surface area contributed by atoms with E-state index in [2.05, 4.69) is 59.1 Å². The number of hydrogen-bond acceptors (Lipinski definition) is 3. The fraction of sp³-hybridized carbons (Fsp3) is 0.280. The lowest BCUT2D eigenvalue weighted by atomic mass is 9.98. The molecule has 1 saturated heterocycles. The van der Waals surface area contributed by atoms with Crippen LogP contribution in [0.5, 0.6) is 0 Å². The highest BCUT2D eigenvalue weighted by Gasteiger charge is 2.37. The van der Waals surface area contributed by atoms with E-state index in [1.165, 1.54) is 11.1 Å². The standard InChI is InChI=1S/C25H23N3O/c1-17-7-9-20-11-18(14-26-25(20)27-17)8-10-24(29)28-15-22-12-21(13-23(22)16-28)19-5-3-2-4-6-19/h2-6,11-12,14,22-23H,1,7,9,13,15-16H2,(H,26,27). The number of aromatic nitrogens is 1. The van der Waals surface area contributed by atoms with E-state index < -0.39 is 0 Å². The first-order valence-corrected chi connectivity index (χ1v) is 10.2. The number of fused-ring (bicyclic) bond motifs is 2. The lowest BCUT2D eigenvalue weighted by Crippen LogP contribution is -2.27. The summed E-state index contributed by atoms with van der Waals surface area (Å²) in [4.78, 5) is 18.9.